The molecule has 0 amide bonds. The maximum Gasteiger partial charge on any atom is 0.307 e. The number of aryl methyl sites for hydroxylation is 1. The minimum Gasteiger partial charge on any atom is -0.306 e. The van der Waals surface area contributed by atoms with Gasteiger partial charge in [0.1, 0.15) is 0 Å². The average Bonchev–Trinajstić information content (AvgIpc) is 2.37. The normalized spacial score (nSPS) is 10.3. The number of hydrogen-bond acceptors (Lipinski definition) is 2. The number of rotatable bonds is 4. The Balaban J connectivity index is 2.39. The van der Waals surface area contributed by atoms with Crippen molar-refractivity contribution in [2.45, 2.75) is 32.7 Å². The maximum atomic E-state index is 11.0. The second-order valence-corrected chi connectivity index (χ2v) is 3.43. The molecule has 0 saturated carbocycles. The summed E-state index contributed by atoms with van der Waals surface area (Å²) >= 11 is 1.27. The number of unbranched alkanes of at least 4 members (excludes halogenated alkanes) is 2. The number of aromatic nitrogens is 1. The second kappa shape index (κ2) is 4.34. The molecular formula is C8H13NOS. The van der Waals surface area contributed by atoms with Crippen LogP contribution in [0.25, 0.3) is 0 Å². The summed E-state index contributed by atoms with van der Waals surface area (Å²) in [6, 6.07) is 0. The van der Waals surface area contributed by atoms with Crippen LogP contribution >= 0.6 is 11.3 Å². The lowest BCUT2D eigenvalue weighted by Crippen LogP contribution is -2.11. The van der Waals surface area contributed by atoms with Gasteiger partial charge in [-0.2, -0.15) is 0 Å². The van der Waals surface area contributed by atoms with Gasteiger partial charge in [-0.15, -0.1) is 0 Å². The molecule has 0 bridgehead atoms. The van der Waals surface area contributed by atoms with Gasteiger partial charge in [-0.05, 0) is 6.42 Å². The van der Waals surface area contributed by atoms with Gasteiger partial charge in [0.2, 0.25) is 0 Å². The van der Waals surface area contributed by atoms with Crippen LogP contribution in [0.1, 0.15) is 26.2 Å². The molecule has 1 aromatic heterocycles. The van der Waals surface area contributed by atoms with Crippen LogP contribution < -0.4 is 4.87 Å². The van der Waals surface area contributed by atoms with Gasteiger partial charge in [0.25, 0.3) is 0 Å². The largest absolute Gasteiger partial charge is 0.307 e. The number of hydrogen-bond donors (Lipinski definition) is 0. The zero-order valence-electron chi connectivity index (χ0n) is 6.75. The smallest absolute Gasteiger partial charge is 0.306 e. The quantitative estimate of drug-likeness (QED) is 0.636. The fraction of sp³-hybridized carbons (Fsp3) is 0.625. The first-order valence-electron chi connectivity index (χ1n) is 3.98. The van der Waals surface area contributed by atoms with Crippen LogP contribution in [0.5, 0.6) is 0 Å². The van der Waals surface area contributed by atoms with Gasteiger partial charge in [0.05, 0.1) is 0 Å². The zero-order chi connectivity index (χ0) is 8.10. The van der Waals surface area contributed by atoms with E-state index in [-0.39, 0.29) is 4.87 Å². The molecule has 0 spiro atoms. The minimum absolute atomic E-state index is 0.168. The standard InChI is InChI=1S/C8H13NOS/c1-2-3-4-5-9-6-7-11-8(9)10/h6-7H,2-5H2,1H3. The Labute approximate surface area is 70.5 Å². The van der Waals surface area contributed by atoms with E-state index in [2.05, 4.69) is 6.92 Å². The molecule has 1 rings (SSSR count). The summed E-state index contributed by atoms with van der Waals surface area (Å²) < 4.78 is 1.78. The van der Waals surface area contributed by atoms with E-state index < -0.39 is 0 Å². The molecule has 0 unspecified atom stereocenters. The topological polar surface area (TPSA) is 22.0 Å². The van der Waals surface area contributed by atoms with E-state index in [1.165, 1.54) is 24.2 Å². The molecule has 0 aromatic carbocycles. The predicted octanol–water partition coefficient (Wildman–Crippen LogP) is 2.10. The van der Waals surface area contributed by atoms with Crippen molar-refractivity contribution in [3.8, 4) is 0 Å². The molecule has 2 nitrogen and oxygen atoms in total. The molecule has 1 aromatic rings. The molecular weight excluding hydrogens is 158 g/mol. The van der Waals surface area contributed by atoms with Crippen LogP contribution in [-0.2, 0) is 6.54 Å². The van der Waals surface area contributed by atoms with Crippen molar-refractivity contribution < 1.29 is 0 Å². The molecule has 0 fully saturated rings. The average molecular weight is 171 g/mol. The summed E-state index contributed by atoms with van der Waals surface area (Å²) in [5.74, 6) is 0. The molecule has 0 aliphatic heterocycles. The lowest BCUT2D eigenvalue weighted by atomic mass is 10.2. The summed E-state index contributed by atoms with van der Waals surface area (Å²) in [4.78, 5) is 11.2. The van der Waals surface area contributed by atoms with Crippen LogP contribution in [0.4, 0.5) is 0 Å². The van der Waals surface area contributed by atoms with E-state index in [0.29, 0.717) is 0 Å². The highest BCUT2D eigenvalue weighted by atomic mass is 32.1. The summed E-state index contributed by atoms with van der Waals surface area (Å²) in [6.45, 7) is 3.05. The Morgan fingerprint density at radius 1 is 1.55 bits per heavy atom. The second-order valence-electron chi connectivity index (χ2n) is 2.57. The van der Waals surface area contributed by atoms with Gasteiger partial charge < -0.3 is 4.57 Å². The minimum atomic E-state index is 0.168. The lowest BCUT2D eigenvalue weighted by Gasteiger charge is -1.97. The van der Waals surface area contributed by atoms with Crippen molar-refractivity contribution >= 4 is 11.3 Å². The Morgan fingerprint density at radius 3 is 2.91 bits per heavy atom. The van der Waals surface area contributed by atoms with E-state index in [4.69, 9.17) is 0 Å². The van der Waals surface area contributed by atoms with Crippen LogP contribution in [0.15, 0.2) is 16.4 Å². The first-order valence-corrected chi connectivity index (χ1v) is 4.86. The summed E-state index contributed by atoms with van der Waals surface area (Å²) in [7, 11) is 0. The Morgan fingerprint density at radius 2 is 2.36 bits per heavy atom. The number of nitrogens with zero attached hydrogens (tertiary/aromatic N) is 1. The Bertz CT molecular complexity index is 251. The van der Waals surface area contributed by atoms with Crippen molar-refractivity contribution in [1.29, 1.82) is 0 Å². The summed E-state index contributed by atoms with van der Waals surface area (Å²) in [5, 5.41) is 1.84. The third-order valence-electron chi connectivity index (χ3n) is 1.65. The molecule has 0 aliphatic carbocycles. The molecule has 0 radical (unpaired) electrons. The van der Waals surface area contributed by atoms with Crippen molar-refractivity contribution in [2.24, 2.45) is 0 Å². The summed E-state index contributed by atoms with van der Waals surface area (Å²) in [6.07, 6.45) is 5.40. The maximum absolute atomic E-state index is 11.0. The van der Waals surface area contributed by atoms with Gasteiger partial charge in [-0.1, -0.05) is 31.1 Å². The predicted molar refractivity (Wildman–Crippen MR) is 48.1 cm³/mol. The monoisotopic (exact) mass is 171 g/mol. The van der Waals surface area contributed by atoms with Crippen LogP contribution in [0.3, 0.4) is 0 Å². The fourth-order valence-corrected chi connectivity index (χ4v) is 1.60. The highest BCUT2D eigenvalue weighted by Crippen LogP contribution is 1.97. The molecule has 3 heteroatoms. The molecule has 0 saturated heterocycles. The van der Waals surface area contributed by atoms with Crippen molar-refractivity contribution in [3.05, 3.63) is 21.2 Å². The van der Waals surface area contributed by atoms with Crippen LogP contribution in [-0.4, -0.2) is 4.57 Å². The van der Waals surface area contributed by atoms with Gasteiger partial charge in [0.15, 0.2) is 0 Å². The van der Waals surface area contributed by atoms with Gasteiger partial charge in [-0.25, -0.2) is 0 Å². The molecule has 0 aliphatic rings. The van der Waals surface area contributed by atoms with Crippen LogP contribution in [0, 0.1) is 0 Å². The van der Waals surface area contributed by atoms with Crippen molar-refractivity contribution in [1.82, 2.24) is 4.57 Å². The van der Waals surface area contributed by atoms with E-state index in [1.807, 2.05) is 11.6 Å². The summed E-state index contributed by atoms with van der Waals surface area (Å²) in [5.41, 5.74) is 0. The Hall–Kier alpha value is -0.570. The molecule has 0 atom stereocenters. The lowest BCUT2D eigenvalue weighted by molar-refractivity contribution is 0.596. The highest BCUT2D eigenvalue weighted by Gasteiger charge is 1.94. The number of thiazole rings is 1. The van der Waals surface area contributed by atoms with Crippen molar-refractivity contribution in [3.63, 3.8) is 0 Å². The Kier molecular flexibility index (Phi) is 3.36. The highest BCUT2D eigenvalue weighted by molar-refractivity contribution is 7.07. The van der Waals surface area contributed by atoms with E-state index in [1.54, 1.807) is 4.57 Å². The zero-order valence-corrected chi connectivity index (χ0v) is 7.56. The molecule has 62 valence electrons. The molecule has 11 heavy (non-hydrogen) atoms. The van der Waals surface area contributed by atoms with Gasteiger partial charge in [-0.3, -0.25) is 4.79 Å². The first kappa shape index (κ1) is 8.53. The first-order chi connectivity index (χ1) is 5.34. The SMILES string of the molecule is CCCCCn1ccsc1=O. The molecule has 0 N–H and O–H groups in total. The third kappa shape index (κ3) is 2.50. The molecule has 1 heterocycles. The van der Waals surface area contributed by atoms with Crippen LogP contribution in [0.2, 0.25) is 0 Å². The third-order valence-corrected chi connectivity index (χ3v) is 2.34. The van der Waals surface area contributed by atoms with E-state index >= 15 is 0 Å². The van der Waals surface area contributed by atoms with Crippen molar-refractivity contribution in [2.75, 3.05) is 0 Å². The van der Waals surface area contributed by atoms with Gasteiger partial charge >= 0.3 is 4.87 Å². The fourth-order valence-electron chi connectivity index (χ4n) is 0.989. The van der Waals surface area contributed by atoms with E-state index in [0.717, 1.165) is 13.0 Å². The van der Waals surface area contributed by atoms with Gasteiger partial charge in [0, 0.05) is 18.1 Å². The van der Waals surface area contributed by atoms with E-state index in [9.17, 15) is 4.79 Å².